The van der Waals surface area contributed by atoms with E-state index in [-0.39, 0.29) is 23.0 Å². The summed E-state index contributed by atoms with van der Waals surface area (Å²) < 4.78 is 74.5. The molecule has 0 fully saturated rings. The van der Waals surface area contributed by atoms with Crippen LogP contribution in [0.25, 0.3) is 11.0 Å². The number of benzene rings is 4. The Morgan fingerprint density at radius 2 is 1.64 bits per heavy atom. The summed E-state index contributed by atoms with van der Waals surface area (Å²) >= 11 is 0. The van der Waals surface area contributed by atoms with Gasteiger partial charge in [-0.1, -0.05) is 48.5 Å². The molecule has 9 heteroatoms. The predicted molar refractivity (Wildman–Crippen MR) is 142 cm³/mol. The van der Waals surface area contributed by atoms with Gasteiger partial charge in [0.15, 0.2) is 6.10 Å². The standard InChI is InChI=1S/C30H25F3N2O3S/c1-19-8-6-7-11-28(19)39(36,37)24-14-13-22(25(18-24)30(31,32)33)16-21-12-15-26-27(17-21)35-29(34-26)20(2)38-23-9-4-3-5-10-23/h3-15,17-18,20H,16H2,1-2H3,(H,34,35). The minimum Gasteiger partial charge on any atom is -0.483 e. The average molecular weight is 551 g/mol. The van der Waals surface area contributed by atoms with Crippen LogP contribution in [0.2, 0.25) is 0 Å². The third kappa shape index (κ3) is 5.54. The fraction of sp³-hybridized carbons (Fsp3) is 0.167. The molecule has 1 heterocycles. The Morgan fingerprint density at radius 1 is 0.923 bits per heavy atom. The Bertz CT molecular complexity index is 1750. The van der Waals surface area contributed by atoms with Gasteiger partial charge in [0.2, 0.25) is 9.84 Å². The van der Waals surface area contributed by atoms with Gasteiger partial charge in [0, 0.05) is 0 Å². The maximum absolute atomic E-state index is 14.1. The molecule has 0 amide bonds. The van der Waals surface area contributed by atoms with Crippen LogP contribution in [0.3, 0.4) is 0 Å². The number of hydrogen-bond donors (Lipinski definition) is 1. The Hall–Kier alpha value is -4.11. The average Bonchev–Trinajstić information content (AvgIpc) is 3.33. The van der Waals surface area contributed by atoms with E-state index in [2.05, 4.69) is 9.97 Å². The first-order valence-electron chi connectivity index (χ1n) is 12.2. The van der Waals surface area contributed by atoms with Crippen LogP contribution in [-0.2, 0) is 22.4 Å². The molecule has 1 unspecified atom stereocenters. The van der Waals surface area contributed by atoms with Gasteiger partial charge >= 0.3 is 6.18 Å². The van der Waals surface area contributed by atoms with E-state index in [0.29, 0.717) is 33.7 Å². The molecule has 1 atom stereocenters. The normalized spacial score (nSPS) is 12.9. The minimum atomic E-state index is -4.73. The highest BCUT2D eigenvalue weighted by molar-refractivity contribution is 7.91. The van der Waals surface area contributed by atoms with Crippen molar-refractivity contribution in [2.75, 3.05) is 0 Å². The van der Waals surface area contributed by atoms with E-state index < -0.39 is 26.5 Å². The minimum absolute atomic E-state index is 0.0168. The molecule has 0 saturated heterocycles. The summed E-state index contributed by atoms with van der Waals surface area (Å²) in [5.74, 6) is 1.28. The maximum Gasteiger partial charge on any atom is 0.416 e. The van der Waals surface area contributed by atoms with Crippen LogP contribution in [0.1, 0.15) is 41.1 Å². The molecule has 5 rings (SSSR count). The van der Waals surface area contributed by atoms with E-state index in [9.17, 15) is 21.6 Å². The van der Waals surface area contributed by atoms with Gasteiger partial charge in [-0.15, -0.1) is 0 Å². The van der Waals surface area contributed by atoms with Crippen molar-refractivity contribution in [1.82, 2.24) is 9.97 Å². The van der Waals surface area contributed by atoms with Crippen LogP contribution in [0, 0.1) is 6.92 Å². The summed E-state index contributed by atoms with van der Waals surface area (Å²) in [6, 6.07) is 23.9. The zero-order chi connectivity index (χ0) is 27.8. The molecule has 0 aliphatic heterocycles. The summed E-state index contributed by atoms with van der Waals surface area (Å²) in [7, 11) is -4.12. The number of aromatic nitrogens is 2. The van der Waals surface area contributed by atoms with Gasteiger partial charge in [0.1, 0.15) is 11.6 Å². The fourth-order valence-corrected chi connectivity index (χ4v) is 6.01. The van der Waals surface area contributed by atoms with Gasteiger partial charge < -0.3 is 9.72 Å². The van der Waals surface area contributed by atoms with Crippen molar-refractivity contribution in [2.24, 2.45) is 0 Å². The largest absolute Gasteiger partial charge is 0.483 e. The number of halogens is 3. The molecule has 1 N–H and O–H groups in total. The van der Waals surface area contributed by atoms with Crippen molar-refractivity contribution in [1.29, 1.82) is 0 Å². The molecule has 1 aromatic heterocycles. The molecule has 5 nitrogen and oxygen atoms in total. The first kappa shape index (κ1) is 26.5. The molecular weight excluding hydrogens is 525 g/mol. The number of aryl methyl sites for hydroxylation is 1. The Balaban J connectivity index is 1.45. The number of H-pyrrole nitrogens is 1. The highest BCUT2D eigenvalue weighted by Crippen LogP contribution is 2.36. The summed E-state index contributed by atoms with van der Waals surface area (Å²) in [5.41, 5.74) is 1.41. The lowest BCUT2D eigenvalue weighted by Crippen LogP contribution is -2.12. The Kier molecular flexibility index (Phi) is 6.94. The number of aromatic amines is 1. The molecular formula is C30H25F3N2O3S. The highest BCUT2D eigenvalue weighted by atomic mass is 32.2. The smallest absolute Gasteiger partial charge is 0.416 e. The van der Waals surface area contributed by atoms with Crippen molar-refractivity contribution < 1.29 is 26.3 Å². The molecule has 0 saturated carbocycles. The van der Waals surface area contributed by atoms with Crippen LogP contribution in [-0.4, -0.2) is 18.4 Å². The van der Waals surface area contributed by atoms with Crippen LogP contribution in [0.4, 0.5) is 13.2 Å². The van der Waals surface area contributed by atoms with E-state index >= 15 is 0 Å². The van der Waals surface area contributed by atoms with E-state index in [1.54, 1.807) is 43.3 Å². The number of nitrogens with one attached hydrogen (secondary N) is 1. The lowest BCUT2D eigenvalue weighted by atomic mass is 9.99. The molecule has 0 aliphatic rings. The zero-order valence-corrected chi connectivity index (χ0v) is 22.0. The monoisotopic (exact) mass is 550 g/mol. The third-order valence-electron chi connectivity index (χ3n) is 6.48. The summed E-state index contributed by atoms with van der Waals surface area (Å²) in [6.07, 6.45) is -5.15. The Morgan fingerprint density at radius 3 is 2.36 bits per heavy atom. The predicted octanol–water partition coefficient (Wildman–Crippen LogP) is 7.45. The number of alkyl halides is 3. The highest BCUT2D eigenvalue weighted by Gasteiger charge is 2.35. The number of sulfone groups is 1. The molecule has 0 aliphatic carbocycles. The maximum atomic E-state index is 14.1. The fourth-order valence-electron chi connectivity index (χ4n) is 4.48. The number of hydrogen-bond acceptors (Lipinski definition) is 4. The van der Waals surface area contributed by atoms with Crippen molar-refractivity contribution in [3.63, 3.8) is 0 Å². The number of imidazole rings is 1. The summed E-state index contributed by atoms with van der Waals surface area (Å²) in [5, 5.41) is 0. The number of ether oxygens (including phenoxy) is 1. The lowest BCUT2D eigenvalue weighted by molar-refractivity contribution is -0.138. The van der Waals surface area contributed by atoms with Gasteiger partial charge in [-0.05, 0) is 79.4 Å². The van der Waals surface area contributed by atoms with Crippen molar-refractivity contribution in [3.05, 3.63) is 119 Å². The number of fused-ring (bicyclic) bond motifs is 1. The van der Waals surface area contributed by atoms with Gasteiger partial charge in [-0.25, -0.2) is 13.4 Å². The van der Waals surface area contributed by atoms with Crippen LogP contribution < -0.4 is 4.74 Å². The summed E-state index contributed by atoms with van der Waals surface area (Å²) in [4.78, 5) is 7.35. The molecule has 39 heavy (non-hydrogen) atoms. The molecule has 5 aromatic rings. The quantitative estimate of drug-likeness (QED) is 0.228. The van der Waals surface area contributed by atoms with Gasteiger partial charge in [-0.3, -0.25) is 0 Å². The van der Waals surface area contributed by atoms with Crippen LogP contribution >= 0.6 is 0 Å². The Labute approximate surface area is 224 Å². The van der Waals surface area contributed by atoms with E-state index in [4.69, 9.17) is 4.74 Å². The second-order valence-corrected chi connectivity index (χ2v) is 11.2. The van der Waals surface area contributed by atoms with Crippen molar-refractivity contribution in [2.45, 2.75) is 42.3 Å². The van der Waals surface area contributed by atoms with Crippen LogP contribution in [0.15, 0.2) is 101 Å². The molecule has 200 valence electrons. The molecule has 4 aromatic carbocycles. The van der Waals surface area contributed by atoms with Crippen LogP contribution in [0.5, 0.6) is 5.75 Å². The van der Waals surface area contributed by atoms with E-state index in [1.807, 2.05) is 37.3 Å². The summed E-state index contributed by atoms with van der Waals surface area (Å²) in [6.45, 7) is 3.46. The van der Waals surface area contributed by atoms with Crippen molar-refractivity contribution in [3.8, 4) is 5.75 Å². The van der Waals surface area contributed by atoms with E-state index in [0.717, 1.165) is 6.07 Å². The van der Waals surface area contributed by atoms with Gasteiger partial charge in [0.25, 0.3) is 0 Å². The number of rotatable bonds is 7. The van der Waals surface area contributed by atoms with Gasteiger partial charge in [0.05, 0.1) is 26.4 Å². The second kappa shape index (κ2) is 10.2. The van der Waals surface area contributed by atoms with Crippen molar-refractivity contribution >= 4 is 20.9 Å². The first-order valence-corrected chi connectivity index (χ1v) is 13.7. The molecule has 0 spiro atoms. The number of nitrogens with zero attached hydrogens (tertiary/aromatic N) is 1. The molecule has 0 bridgehead atoms. The van der Waals surface area contributed by atoms with E-state index in [1.165, 1.54) is 18.2 Å². The zero-order valence-electron chi connectivity index (χ0n) is 21.2. The lowest BCUT2D eigenvalue weighted by Gasteiger charge is -2.16. The third-order valence-corrected chi connectivity index (χ3v) is 8.39. The first-order chi connectivity index (χ1) is 18.5. The second-order valence-electron chi connectivity index (χ2n) is 9.31. The SMILES string of the molecule is Cc1ccccc1S(=O)(=O)c1ccc(Cc2ccc3nc(C(C)Oc4ccccc4)[nH]c3c2)c(C(F)(F)F)c1. The topological polar surface area (TPSA) is 72.1 Å². The van der Waals surface area contributed by atoms with Gasteiger partial charge in [-0.2, -0.15) is 13.2 Å². The molecule has 0 radical (unpaired) electrons. The number of para-hydroxylation sites is 1.